The van der Waals surface area contributed by atoms with Gasteiger partial charge in [0.15, 0.2) is 5.78 Å². The number of Topliss-reactive ketones (excluding diaryl/α,β-unsaturated/α-hetero) is 1. The zero-order chi connectivity index (χ0) is 25.9. The standard InChI is InChI=1S/C28H34F3NO2S/c1-7-8-14-34-21-13-12-18(6)26-23(22(16(2)3)27(35-26)25(33)17(4)5)24(32-21)19-10-9-11-20(15-19)28(29,30)31/h9-11,13,15-18H,7-8,12,14H2,1-6H3. The van der Waals surface area contributed by atoms with E-state index in [4.69, 9.17) is 9.73 Å². The van der Waals surface area contributed by atoms with Crippen molar-refractivity contribution in [2.24, 2.45) is 10.9 Å². The molecule has 190 valence electrons. The minimum atomic E-state index is -4.47. The summed E-state index contributed by atoms with van der Waals surface area (Å²) >= 11 is 1.47. The number of ether oxygens (including phenoxy) is 1. The Kier molecular flexibility index (Phi) is 8.63. The summed E-state index contributed by atoms with van der Waals surface area (Å²) in [6.45, 7) is 12.4. The maximum absolute atomic E-state index is 13.6. The molecule has 1 aliphatic rings. The number of unbranched alkanes of at least 4 members (excludes halogenated alkanes) is 1. The average Bonchev–Trinajstić information content (AvgIpc) is 3.18. The second kappa shape index (κ2) is 11.1. The molecule has 2 aromatic rings. The van der Waals surface area contributed by atoms with Gasteiger partial charge in [0.2, 0.25) is 5.88 Å². The van der Waals surface area contributed by atoms with Crippen molar-refractivity contribution in [1.29, 1.82) is 0 Å². The smallest absolute Gasteiger partial charge is 0.416 e. The van der Waals surface area contributed by atoms with Crippen LogP contribution in [0.4, 0.5) is 13.2 Å². The van der Waals surface area contributed by atoms with E-state index in [0.29, 0.717) is 35.1 Å². The molecule has 7 heteroatoms. The molecule has 1 aromatic heterocycles. The van der Waals surface area contributed by atoms with Crippen molar-refractivity contribution < 1.29 is 22.7 Å². The number of hydrogen-bond acceptors (Lipinski definition) is 4. The monoisotopic (exact) mass is 505 g/mol. The Morgan fingerprint density at radius 2 is 1.94 bits per heavy atom. The minimum absolute atomic E-state index is 0.0104. The van der Waals surface area contributed by atoms with Crippen molar-refractivity contribution in [1.82, 2.24) is 0 Å². The highest BCUT2D eigenvalue weighted by Gasteiger charge is 2.34. The van der Waals surface area contributed by atoms with Gasteiger partial charge in [0.25, 0.3) is 0 Å². The molecule has 0 bridgehead atoms. The molecule has 1 unspecified atom stereocenters. The third-order valence-electron chi connectivity index (χ3n) is 6.06. The van der Waals surface area contributed by atoms with Crippen LogP contribution in [0.15, 0.2) is 41.2 Å². The van der Waals surface area contributed by atoms with Gasteiger partial charge in [-0.05, 0) is 48.4 Å². The van der Waals surface area contributed by atoms with Crippen molar-refractivity contribution in [3.05, 3.63) is 68.2 Å². The molecule has 3 rings (SSSR count). The van der Waals surface area contributed by atoms with Gasteiger partial charge >= 0.3 is 6.18 Å². The van der Waals surface area contributed by atoms with E-state index in [-0.39, 0.29) is 23.5 Å². The third kappa shape index (κ3) is 6.05. The summed E-state index contributed by atoms with van der Waals surface area (Å²) in [4.78, 5) is 19.7. The Morgan fingerprint density at radius 3 is 2.54 bits per heavy atom. The molecular formula is C28H34F3NO2S. The van der Waals surface area contributed by atoms with Gasteiger partial charge in [0.1, 0.15) is 0 Å². The summed E-state index contributed by atoms with van der Waals surface area (Å²) in [5, 5.41) is 0. The van der Waals surface area contributed by atoms with Crippen molar-refractivity contribution in [2.45, 2.75) is 78.8 Å². The zero-order valence-electron chi connectivity index (χ0n) is 21.3. The van der Waals surface area contributed by atoms with Gasteiger partial charge in [0.05, 0.1) is 22.8 Å². The highest BCUT2D eigenvalue weighted by molar-refractivity contribution is 7.14. The molecule has 1 aliphatic heterocycles. The van der Waals surface area contributed by atoms with Crippen molar-refractivity contribution >= 4 is 22.8 Å². The van der Waals surface area contributed by atoms with Gasteiger partial charge in [-0.2, -0.15) is 13.2 Å². The van der Waals surface area contributed by atoms with Gasteiger partial charge in [0, 0.05) is 21.9 Å². The van der Waals surface area contributed by atoms with E-state index in [0.717, 1.165) is 41.0 Å². The molecule has 0 saturated carbocycles. The largest absolute Gasteiger partial charge is 0.478 e. The number of ketones is 1. The summed E-state index contributed by atoms with van der Waals surface area (Å²) in [5.74, 6) is 0.327. The van der Waals surface area contributed by atoms with E-state index in [1.807, 2.05) is 33.8 Å². The number of alkyl halides is 3. The number of hydrogen-bond donors (Lipinski definition) is 0. The molecule has 3 nitrogen and oxygen atoms in total. The lowest BCUT2D eigenvalue weighted by molar-refractivity contribution is -0.137. The van der Waals surface area contributed by atoms with Crippen molar-refractivity contribution in [2.75, 3.05) is 6.61 Å². The van der Waals surface area contributed by atoms with Gasteiger partial charge < -0.3 is 4.74 Å². The number of carbonyl (C=O) groups is 1. The Morgan fingerprint density at radius 1 is 1.23 bits per heavy atom. The quantitative estimate of drug-likeness (QED) is 0.266. The van der Waals surface area contributed by atoms with E-state index in [1.165, 1.54) is 17.4 Å². The number of fused-ring (bicyclic) bond motifs is 1. The number of allylic oxidation sites excluding steroid dienone is 1. The number of benzene rings is 1. The third-order valence-corrected chi connectivity index (χ3v) is 7.51. The maximum Gasteiger partial charge on any atom is 0.416 e. The summed E-state index contributed by atoms with van der Waals surface area (Å²) < 4.78 is 46.8. The molecule has 1 aromatic carbocycles. The van der Waals surface area contributed by atoms with Gasteiger partial charge in [-0.25, -0.2) is 4.99 Å². The van der Waals surface area contributed by atoms with Crippen LogP contribution in [0.1, 0.15) is 109 Å². The molecule has 35 heavy (non-hydrogen) atoms. The van der Waals surface area contributed by atoms with Crippen molar-refractivity contribution in [3.8, 4) is 0 Å². The normalized spacial score (nSPS) is 16.5. The van der Waals surface area contributed by atoms with Crippen molar-refractivity contribution in [3.63, 3.8) is 0 Å². The summed E-state index contributed by atoms with van der Waals surface area (Å²) in [6, 6.07) is 5.27. The zero-order valence-corrected chi connectivity index (χ0v) is 22.1. The Bertz CT molecular complexity index is 1130. The predicted octanol–water partition coefficient (Wildman–Crippen LogP) is 8.73. The van der Waals surface area contributed by atoms with Crippen LogP contribution in [0.3, 0.4) is 0 Å². The molecule has 1 atom stereocenters. The number of carbonyl (C=O) groups excluding carboxylic acids is 1. The van der Waals surface area contributed by atoms with E-state index < -0.39 is 11.7 Å². The second-order valence-electron chi connectivity index (χ2n) is 9.68. The topological polar surface area (TPSA) is 38.7 Å². The fraction of sp³-hybridized carbons (Fsp3) is 0.500. The van der Waals surface area contributed by atoms with E-state index in [9.17, 15) is 18.0 Å². The molecule has 0 aliphatic carbocycles. The molecule has 0 fully saturated rings. The molecule has 2 heterocycles. The first-order valence-corrected chi connectivity index (χ1v) is 13.1. The molecule has 0 amide bonds. The molecular weight excluding hydrogens is 471 g/mol. The van der Waals surface area contributed by atoms with E-state index >= 15 is 0 Å². The summed E-state index contributed by atoms with van der Waals surface area (Å²) in [6.07, 6.45) is -0.0777. The second-order valence-corrected chi connectivity index (χ2v) is 10.7. The first-order valence-electron chi connectivity index (χ1n) is 12.3. The van der Waals surface area contributed by atoms with Crippen LogP contribution in [-0.2, 0) is 10.9 Å². The van der Waals surface area contributed by atoms with E-state index in [1.54, 1.807) is 6.07 Å². The molecule has 0 radical (unpaired) electrons. The molecule has 0 saturated heterocycles. The van der Waals surface area contributed by atoms with Crippen LogP contribution in [-0.4, -0.2) is 18.1 Å². The SMILES string of the molecule is CCCCOC1=CCC(C)c2sc(C(=O)C(C)C)c(C(C)C)c2C(c2cccc(C(F)(F)F)c2)=N1. The fourth-order valence-corrected chi connectivity index (χ4v) is 5.72. The number of thiophene rings is 1. The number of rotatable bonds is 8. The van der Waals surface area contributed by atoms with Crippen LogP contribution in [0.25, 0.3) is 0 Å². The van der Waals surface area contributed by atoms with Gasteiger partial charge in [-0.3, -0.25) is 4.79 Å². The number of halogens is 3. The molecule has 0 spiro atoms. The lowest BCUT2D eigenvalue weighted by Gasteiger charge is -2.21. The minimum Gasteiger partial charge on any atom is -0.478 e. The van der Waals surface area contributed by atoms with Crippen LogP contribution in [0, 0.1) is 5.92 Å². The summed E-state index contributed by atoms with van der Waals surface area (Å²) in [5.41, 5.74) is 1.71. The lowest BCUT2D eigenvalue weighted by Crippen LogP contribution is -2.16. The highest BCUT2D eigenvalue weighted by atomic mass is 32.1. The van der Waals surface area contributed by atoms with Gasteiger partial charge in [-0.1, -0.05) is 60.1 Å². The lowest BCUT2D eigenvalue weighted by atomic mass is 9.86. The molecule has 0 N–H and O–H groups in total. The van der Waals surface area contributed by atoms with Crippen LogP contribution in [0.5, 0.6) is 0 Å². The Hall–Kier alpha value is -2.41. The predicted molar refractivity (Wildman–Crippen MR) is 137 cm³/mol. The van der Waals surface area contributed by atoms with Crippen LogP contribution in [0.2, 0.25) is 0 Å². The van der Waals surface area contributed by atoms with Crippen LogP contribution < -0.4 is 0 Å². The first kappa shape index (κ1) is 27.2. The number of aliphatic imine (C=N–C) groups is 1. The van der Waals surface area contributed by atoms with Crippen LogP contribution >= 0.6 is 11.3 Å². The fourth-order valence-electron chi connectivity index (χ4n) is 4.11. The Labute approximate surface area is 210 Å². The van der Waals surface area contributed by atoms with E-state index in [2.05, 4.69) is 13.8 Å². The highest BCUT2D eigenvalue weighted by Crippen LogP contribution is 2.43. The number of nitrogens with zero attached hydrogens (tertiary/aromatic N) is 1. The summed E-state index contributed by atoms with van der Waals surface area (Å²) in [7, 11) is 0. The van der Waals surface area contributed by atoms with Gasteiger partial charge in [-0.15, -0.1) is 11.3 Å². The maximum atomic E-state index is 13.6. The first-order chi connectivity index (χ1) is 16.5. The average molecular weight is 506 g/mol. The Balaban J connectivity index is 2.33.